The molecule has 57 heavy (non-hydrogen) atoms. The normalized spacial score (nSPS) is 16.1. The van der Waals surface area contributed by atoms with E-state index in [0.29, 0.717) is 23.6 Å². The fourth-order valence-corrected chi connectivity index (χ4v) is 9.22. The number of carboxylic acids is 3. The Kier molecular flexibility index (Phi) is 18.0. The summed E-state index contributed by atoms with van der Waals surface area (Å²) < 4.78 is 0. The van der Waals surface area contributed by atoms with E-state index < -0.39 is 36.4 Å². The summed E-state index contributed by atoms with van der Waals surface area (Å²) >= 11 is 3.72. The number of phenols is 2. The van der Waals surface area contributed by atoms with E-state index in [1.807, 2.05) is 46.9 Å². The van der Waals surface area contributed by atoms with E-state index >= 15 is 0 Å². The molecule has 2 atom stereocenters. The highest BCUT2D eigenvalue weighted by atomic mass is 32.1. The Bertz CT molecular complexity index is 1720. The highest BCUT2D eigenvalue weighted by molar-refractivity contribution is 7.10. The molecule has 11 nitrogen and oxygen atoms in total. The van der Waals surface area contributed by atoms with Gasteiger partial charge in [0.2, 0.25) is 0 Å². The molecule has 0 spiro atoms. The molecule has 2 heterocycles. The third-order valence-corrected chi connectivity index (χ3v) is 12.5. The van der Waals surface area contributed by atoms with E-state index in [-0.39, 0.29) is 0 Å². The molecule has 13 heteroatoms. The lowest BCUT2D eigenvalue weighted by Crippen LogP contribution is -2.42. The van der Waals surface area contributed by atoms with Gasteiger partial charge in [-0.1, -0.05) is 50.2 Å². The third kappa shape index (κ3) is 14.0. The lowest BCUT2D eigenvalue weighted by molar-refractivity contribution is -0.170. The number of nitrogens with zero attached hydrogens (tertiary/aromatic N) is 2. The molecule has 0 bridgehead atoms. The largest absolute Gasteiger partial charge is 0.508 e. The summed E-state index contributed by atoms with van der Waals surface area (Å²) in [6, 6.07) is 22.0. The highest BCUT2D eigenvalue weighted by Crippen LogP contribution is 2.32. The van der Waals surface area contributed by atoms with Gasteiger partial charge in [0.25, 0.3) is 0 Å². The number of hydrogen-bond acceptors (Lipinski definition) is 10. The van der Waals surface area contributed by atoms with Crippen molar-refractivity contribution in [1.82, 2.24) is 9.80 Å². The van der Waals surface area contributed by atoms with Crippen LogP contribution in [-0.2, 0) is 52.9 Å². The summed E-state index contributed by atoms with van der Waals surface area (Å²) in [6.07, 6.45) is 8.91. The fourth-order valence-electron chi connectivity index (χ4n) is 7.82. The number of carboxylic acid groups (broad SMARTS) is 3. The van der Waals surface area contributed by atoms with Gasteiger partial charge in [-0.25, -0.2) is 4.79 Å². The first-order chi connectivity index (χ1) is 27.3. The lowest BCUT2D eigenvalue weighted by Gasteiger charge is -2.35. The maximum atomic E-state index is 10.3. The highest BCUT2D eigenvalue weighted by Gasteiger charge is 2.40. The first-order valence-corrected chi connectivity index (χ1v) is 21.6. The van der Waals surface area contributed by atoms with Crippen molar-refractivity contribution in [2.75, 3.05) is 26.2 Å². The molecule has 2 aliphatic carbocycles. The van der Waals surface area contributed by atoms with Gasteiger partial charge in [-0.2, -0.15) is 0 Å². The van der Waals surface area contributed by atoms with Crippen LogP contribution in [0.5, 0.6) is 11.5 Å². The predicted octanol–water partition coefficient (Wildman–Crippen LogP) is 7.28. The molecule has 0 amide bonds. The number of thiophene rings is 2. The third-order valence-electron chi connectivity index (χ3n) is 10.7. The molecule has 0 saturated heterocycles. The molecule has 0 fully saturated rings. The summed E-state index contributed by atoms with van der Waals surface area (Å²) in [5.74, 6) is -4.05. The van der Waals surface area contributed by atoms with Gasteiger partial charge < -0.3 is 30.6 Å². The summed E-state index contributed by atoms with van der Waals surface area (Å²) in [5.41, 5.74) is 2.29. The van der Waals surface area contributed by atoms with Crippen molar-refractivity contribution in [1.29, 1.82) is 0 Å². The number of aliphatic hydroxyl groups is 1. The first kappa shape index (κ1) is 45.4. The van der Waals surface area contributed by atoms with E-state index in [9.17, 15) is 24.6 Å². The van der Waals surface area contributed by atoms with Crippen LogP contribution in [0, 0.1) is 0 Å². The van der Waals surface area contributed by atoms with Gasteiger partial charge in [0.05, 0.1) is 12.8 Å². The Morgan fingerprint density at radius 1 is 0.649 bits per heavy atom. The van der Waals surface area contributed by atoms with E-state index in [1.165, 1.54) is 57.9 Å². The van der Waals surface area contributed by atoms with Crippen LogP contribution in [0.2, 0.25) is 0 Å². The monoisotopic (exact) mass is 822 g/mol. The molecule has 2 aliphatic rings. The smallest absolute Gasteiger partial charge is 0.336 e. The van der Waals surface area contributed by atoms with Crippen molar-refractivity contribution in [3.63, 3.8) is 0 Å². The van der Waals surface area contributed by atoms with E-state index in [0.717, 1.165) is 64.5 Å². The van der Waals surface area contributed by atoms with Crippen LogP contribution in [0.1, 0.15) is 84.4 Å². The predicted molar refractivity (Wildman–Crippen MR) is 225 cm³/mol. The number of phenolic OH excluding ortho intramolecular Hbond substituents is 2. The summed E-state index contributed by atoms with van der Waals surface area (Å²) in [5, 5.41) is 58.1. The zero-order chi connectivity index (χ0) is 41.4. The van der Waals surface area contributed by atoms with Gasteiger partial charge in [0, 0.05) is 34.9 Å². The molecule has 0 saturated carbocycles. The van der Waals surface area contributed by atoms with Crippen LogP contribution >= 0.6 is 22.7 Å². The van der Waals surface area contributed by atoms with Crippen molar-refractivity contribution in [3.05, 3.63) is 103 Å². The molecular formula is C44H58N2O9S2. The summed E-state index contributed by atoms with van der Waals surface area (Å²) in [7, 11) is 0. The van der Waals surface area contributed by atoms with E-state index in [1.54, 1.807) is 0 Å². The van der Waals surface area contributed by atoms with Gasteiger partial charge in [-0.05, 0) is 135 Å². The van der Waals surface area contributed by atoms with Crippen LogP contribution < -0.4 is 0 Å². The Hall–Kier alpha value is -4.27. The van der Waals surface area contributed by atoms with Crippen molar-refractivity contribution < 1.29 is 45.0 Å². The van der Waals surface area contributed by atoms with Crippen LogP contribution in [-0.4, -0.2) is 102 Å². The van der Waals surface area contributed by atoms with Gasteiger partial charge in [-0.15, -0.1) is 22.7 Å². The maximum Gasteiger partial charge on any atom is 0.336 e. The molecule has 0 unspecified atom stereocenters. The number of rotatable bonds is 17. The second-order valence-corrected chi connectivity index (χ2v) is 16.9. The number of hydrogen-bond donors (Lipinski definition) is 6. The number of fused-ring (bicyclic) bond motifs is 2. The zero-order valence-corrected chi connectivity index (χ0v) is 34.6. The van der Waals surface area contributed by atoms with Crippen LogP contribution in [0.3, 0.4) is 0 Å². The summed E-state index contributed by atoms with van der Waals surface area (Å²) in [4.78, 5) is 38.8. The second kappa shape index (κ2) is 22.6. The fraction of sp³-hybridized carbons (Fsp3) is 0.477. The number of carbonyl (C=O) groups is 3. The topological polar surface area (TPSA) is 179 Å². The van der Waals surface area contributed by atoms with E-state index in [4.69, 9.17) is 20.4 Å². The van der Waals surface area contributed by atoms with Crippen molar-refractivity contribution in [2.24, 2.45) is 0 Å². The summed E-state index contributed by atoms with van der Waals surface area (Å²) in [6.45, 7) is 9.16. The Balaban J connectivity index is 0.000000197. The lowest BCUT2D eigenvalue weighted by atomic mass is 9.86. The van der Waals surface area contributed by atoms with Crippen LogP contribution in [0.15, 0.2) is 71.4 Å². The van der Waals surface area contributed by atoms with Gasteiger partial charge in [0.1, 0.15) is 11.5 Å². The molecule has 2 aromatic carbocycles. The van der Waals surface area contributed by atoms with Crippen LogP contribution in [0.4, 0.5) is 0 Å². The van der Waals surface area contributed by atoms with Gasteiger partial charge >= 0.3 is 17.9 Å². The van der Waals surface area contributed by atoms with Crippen molar-refractivity contribution in [2.45, 2.75) is 109 Å². The molecule has 0 radical (unpaired) electrons. The van der Waals surface area contributed by atoms with Crippen molar-refractivity contribution >= 4 is 40.6 Å². The SMILES string of the molecule is CCCN(CCc1cccs1)[C@H]1CCc2c(O)cccc2C1.CCCN(CCc1cccs1)[C@H]1CCc2c(O)cccc2C1.O=C(O)CC(O)(CC(=O)O)C(=O)O. The molecule has 2 aromatic heterocycles. The first-order valence-electron chi connectivity index (χ1n) is 19.8. The molecular weight excluding hydrogens is 765 g/mol. The Morgan fingerprint density at radius 2 is 1.07 bits per heavy atom. The molecule has 4 aromatic rings. The molecule has 6 N–H and O–H groups in total. The van der Waals surface area contributed by atoms with Gasteiger partial charge in [0.15, 0.2) is 5.60 Å². The minimum Gasteiger partial charge on any atom is -0.508 e. The Labute approximate surface area is 343 Å². The minimum atomic E-state index is -2.74. The quantitative estimate of drug-likeness (QED) is 0.0631. The van der Waals surface area contributed by atoms with Crippen LogP contribution in [0.25, 0.3) is 0 Å². The Morgan fingerprint density at radius 3 is 1.40 bits per heavy atom. The number of benzene rings is 2. The van der Waals surface area contributed by atoms with E-state index in [2.05, 4.69) is 70.8 Å². The second-order valence-electron chi connectivity index (χ2n) is 14.8. The number of aliphatic carboxylic acids is 3. The molecule has 310 valence electrons. The van der Waals surface area contributed by atoms with Gasteiger partial charge in [-0.3, -0.25) is 19.4 Å². The minimum absolute atomic E-state index is 0.483. The maximum absolute atomic E-state index is 10.3. The average Bonchev–Trinajstić information content (AvgIpc) is 3.90. The number of aromatic hydroxyl groups is 2. The molecule has 6 rings (SSSR count). The standard InChI is InChI=1S/2C19H25NOS.C6H8O7/c2*1-2-11-20(12-10-17-6-4-13-22-17)16-8-9-18-15(14-16)5-3-7-19(18)21;7-3(8)1-6(13,5(11)12)2-4(9)10/h2*3-7,13,16,21H,2,8-12,14H2,1H3;13H,1-2H2,(H,7,8)(H,9,10)(H,11,12)/t2*16-;/m00./s1. The molecule has 0 aliphatic heterocycles. The zero-order valence-electron chi connectivity index (χ0n) is 33.0. The average molecular weight is 823 g/mol. The van der Waals surface area contributed by atoms with Crippen molar-refractivity contribution in [3.8, 4) is 11.5 Å².